The Balaban J connectivity index is 1.69. The quantitative estimate of drug-likeness (QED) is 0.819. The molecule has 1 aliphatic rings. The van der Waals surface area contributed by atoms with Gasteiger partial charge >= 0.3 is 6.18 Å². The van der Waals surface area contributed by atoms with Crippen molar-refractivity contribution in [1.29, 1.82) is 0 Å². The predicted octanol–water partition coefficient (Wildman–Crippen LogP) is 3.42. The van der Waals surface area contributed by atoms with E-state index in [4.69, 9.17) is 0 Å². The van der Waals surface area contributed by atoms with E-state index >= 15 is 0 Å². The molecule has 138 valence electrons. The van der Waals surface area contributed by atoms with Crippen LogP contribution < -0.4 is 5.56 Å². The first-order chi connectivity index (χ1) is 12.3. The van der Waals surface area contributed by atoms with Crippen LogP contribution in [0.15, 0.2) is 47.4 Å². The number of nitrogens with zero attached hydrogens (tertiary/aromatic N) is 2. The van der Waals surface area contributed by atoms with Gasteiger partial charge in [-0.2, -0.15) is 13.2 Å². The van der Waals surface area contributed by atoms with E-state index in [2.05, 4.69) is 0 Å². The molecule has 1 saturated heterocycles. The molecule has 0 N–H and O–H groups in total. The molecule has 0 bridgehead atoms. The summed E-state index contributed by atoms with van der Waals surface area (Å²) in [5.74, 6) is -0.215. The molecule has 4 nitrogen and oxygen atoms in total. The fourth-order valence-electron chi connectivity index (χ4n) is 3.24. The number of alkyl halides is 3. The predicted molar refractivity (Wildman–Crippen MR) is 91.0 cm³/mol. The van der Waals surface area contributed by atoms with Crippen LogP contribution in [0.5, 0.6) is 0 Å². The van der Waals surface area contributed by atoms with Crippen LogP contribution in [0.25, 0.3) is 0 Å². The minimum absolute atomic E-state index is 0.0480. The summed E-state index contributed by atoms with van der Waals surface area (Å²) in [5.41, 5.74) is 0.0921. The number of aryl methyl sites for hydroxylation is 1. The fraction of sp³-hybridized carbons (Fsp3) is 0.368. The van der Waals surface area contributed by atoms with Crippen LogP contribution in [-0.4, -0.2) is 28.5 Å². The van der Waals surface area contributed by atoms with E-state index in [0.717, 1.165) is 17.7 Å². The largest absolute Gasteiger partial charge is 0.416 e. The van der Waals surface area contributed by atoms with Gasteiger partial charge in [-0.25, -0.2) is 0 Å². The van der Waals surface area contributed by atoms with Crippen molar-refractivity contribution in [2.45, 2.75) is 24.9 Å². The monoisotopic (exact) mass is 364 g/mol. The van der Waals surface area contributed by atoms with E-state index in [9.17, 15) is 22.8 Å². The number of carbonyl (C=O) groups is 1. The van der Waals surface area contributed by atoms with Crippen molar-refractivity contribution in [1.82, 2.24) is 9.47 Å². The third kappa shape index (κ3) is 3.81. The molecule has 0 radical (unpaired) electrons. The molecule has 1 aliphatic heterocycles. The third-order valence-corrected chi connectivity index (χ3v) is 4.82. The number of halogens is 3. The summed E-state index contributed by atoms with van der Waals surface area (Å²) < 4.78 is 40.0. The number of hydrogen-bond acceptors (Lipinski definition) is 2. The maximum atomic E-state index is 12.8. The van der Waals surface area contributed by atoms with Gasteiger partial charge in [0.1, 0.15) is 0 Å². The van der Waals surface area contributed by atoms with Crippen LogP contribution in [0, 0.1) is 0 Å². The molecule has 0 spiro atoms. The summed E-state index contributed by atoms with van der Waals surface area (Å²) in [6.45, 7) is 0.907. The highest BCUT2D eigenvalue weighted by atomic mass is 19.4. The Labute approximate surface area is 148 Å². The van der Waals surface area contributed by atoms with Crippen molar-refractivity contribution in [2.24, 2.45) is 7.05 Å². The van der Waals surface area contributed by atoms with Crippen LogP contribution in [0.1, 0.15) is 40.2 Å². The standard InChI is InChI=1S/C19H19F3N2O2/c1-23-8-5-14(12-17(23)25)13-6-9-24(10-7-13)18(26)15-3-2-4-16(11-15)19(20,21)22/h2-5,8,11-13H,6-7,9-10H2,1H3. The second-order valence-electron chi connectivity index (χ2n) is 6.55. The van der Waals surface area contributed by atoms with Gasteiger partial charge in [0.2, 0.25) is 0 Å². The topological polar surface area (TPSA) is 42.3 Å². The van der Waals surface area contributed by atoms with Crippen LogP contribution in [0.3, 0.4) is 0 Å². The van der Waals surface area contributed by atoms with Crippen molar-refractivity contribution in [3.8, 4) is 0 Å². The van der Waals surface area contributed by atoms with E-state index in [-0.39, 0.29) is 17.0 Å². The maximum absolute atomic E-state index is 12.8. The summed E-state index contributed by atoms with van der Waals surface area (Å²) >= 11 is 0. The molecule has 1 aromatic carbocycles. The van der Waals surface area contributed by atoms with E-state index in [1.54, 1.807) is 24.2 Å². The Morgan fingerprint density at radius 2 is 1.81 bits per heavy atom. The van der Waals surface area contributed by atoms with Crippen molar-refractivity contribution < 1.29 is 18.0 Å². The van der Waals surface area contributed by atoms with Gasteiger partial charge in [0, 0.05) is 38.0 Å². The van der Waals surface area contributed by atoms with Crippen molar-refractivity contribution in [2.75, 3.05) is 13.1 Å². The second kappa shape index (κ2) is 6.97. The van der Waals surface area contributed by atoms with E-state index in [0.29, 0.717) is 25.9 Å². The molecule has 1 amide bonds. The molecular weight excluding hydrogens is 345 g/mol. The lowest BCUT2D eigenvalue weighted by Gasteiger charge is -2.32. The molecule has 26 heavy (non-hydrogen) atoms. The average molecular weight is 364 g/mol. The number of hydrogen-bond donors (Lipinski definition) is 0. The molecule has 7 heteroatoms. The summed E-state index contributed by atoms with van der Waals surface area (Å²) in [5, 5.41) is 0. The van der Waals surface area contributed by atoms with Gasteiger partial charge in [-0.3, -0.25) is 9.59 Å². The van der Waals surface area contributed by atoms with Gasteiger partial charge in [0.05, 0.1) is 5.56 Å². The number of benzene rings is 1. The number of amides is 1. The first kappa shape index (κ1) is 18.2. The van der Waals surface area contributed by atoms with Gasteiger partial charge in [-0.1, -0.05) is 6.07 Å². The SMILES string of the molecule is Cn1ccc(C2CCN(C(=O)c3cccc(C(F)(F)F)c3)CC2)cc1=O. The second-order valence-corrected chi connectivity index (χ2v) is 6.55. The van der Waals surface area contributed by atoms with Crippen molar-refractivity contribution >= 4 is 5.91 Å². The van der Waals surface area contributed by atoms with Gasteiger partial charge in [0.15, 0.2) is 0 Å². The molecule has 1 aromatic heterocycles. The summed E-state index contributed by atoms with van der Waals surface area (Å²) in [7, 11) is 1.68. The molecular formula is C19H19F3N2O2. The Bertz CT molecular complexity index is 866. The van der Waals surface area contributed by atoms with E-state index in [1.165, 1.54) is 16.7 Å². The van der Waals surface area contributed by atoms with Gasteiger partial charge in [-0.15, -0.1) is 0 Å². The molecule has 0 unspecified atom stereocenters. The Morgan fingerprint density at radius 3 is 2.42 bits per heavy atom. The highest BCUT2D eigenvalue weighted by Crippen LogP contribution is 2.31. The van der Waals surface area contributed by atoms with Crippen molar-refractivity contribution in [3.05, 3.63) is 69.6 Å². The van der Waals surface area contributed by atoms with E-state index < -0.39 is 17.6 Å². The average Bonchev–Trinajstić information content (AvgIpc) is 2.63. The minimum Gasteiger partial charge on any atom is -0.339 e. The first-order valence-electron chi connectivity index (χ1n) is 8.39. The van der Waals surface area contributed by atoms with Crippen LogP contribution in [-0.2, 0) is 13.2 Å². The number of aromatic nitrogens is 1. The number of pyridine rings is 1. The Hall–Kier alpha value is -2.57. The van der Waals surface area contributed by atoms with Crippen LogP contribution in [0.4, 0.5) is 13.2 Å². The lowest BCUT2D eigenvalue weighted by molar-refractivity contribution is -0.137. The highest BCUT2D eigenvalue weighted by molar-refractivity contribution is 5.94. The van der Waals surface area contributed by atoms with Gasteiger partial charge in [-0.05, 0) is 48.6 Å². The minimum atomic E-state index is -4.47. The van der Waals surface area contributed by atoms with Crippen LogP contribution in [0.2, 0.25) is 0 Å². The maximum Gasteiger partial charge on any atom is 0.416 e. The van der Waals surface area contributed by atoms with Crippen molar-refractivity contribution in [3.63, 3.8) is 0 Å². The van der Waals surface area contributed by atoms with E-state index in [1.807, 2.05) is 6.07 Å². The fourth-order valence-corrected chi connectivity index (χ4v) is 3.24. The molecule has 2 aromatic rings. The number of carbonyl (C=O) groups excluding carboxylic acids is 1. The Kier molecular flexibility index (Phi) is 4.89. The zero-order chi connectivity index (χ0) is 18.9. The summed E-state index contributed by atoms with van der Waals surface area (Å²) in [4.78, 5) is 25.9. The molecule has 3 rings (SSSR count). The lowest BCUT2D eigenvalue weighted by atomic mass is 9.90. The molecule has 0 aliphatic carbocycles. The number of rotatable bonds is 2. The van der Waals surface area contributed by atoms with Gasteiger partial charge in [0.25, 0.3) is 11.5 Å². The number of likely N-dealkylation sites (tertiary alicyclic amines) is 1. The molecule has 0 atom stereocenters. The van der Waals surface area contributed by atoms with Gasteiger partial charge < -0.3 is 9.47 Å². The lowest BCUT2D eigenvalue weighted by Crippen LogP contribution is -2.38. The smallest absolute Gasteiger partial charge is 0.339 e. The molecule has 2 heterocycles. The zero-order valence-corrected chi connectivity index (χ0v) is 14.3. The van der Waals surface area contributed by atoms with Crippen LogP contribution >= 0.6 is 0 Å². The summed E-state index contributed by atoms with van der Waals surface area (Å²) in [6.07, 6.45) is -1.39. The first-order valence-corrected chi connectivity index (χ1v) is 8.39. The zero-order valence-electron chi connectivity index (χ0n) is 14.3. The Morgan fingerprint density at radius 1 is 1.12 bits per heavy atom. The summed E-state index contributed by atoms with van der Waals surface area (Å²) in [6, 6.07) is 8.02. The molecule has 1 fully saturated rings. The number of piperidine rings is 1. The normalized spacial score (nSPS) is 15.9. The highest BCUT2D eigenvalue weighted by Gasteiger charge is 2.32. The molecule has 0 saturated carbocycles. The third-order valence-electron chi connectivity index (χ3n) is 4.82.